The van der Waals surface area contributed by atoms with Gasteiger partial charge < -0.3 is 4.42 Å². The van der Waals surface area contributed by atoms with Crippen molar-refractivity contribution in [2.75, 3.05) is 0 Å². The Bertz CT molecular complexity index is 633. The molecule has 120 valence electrons. The molecule has 0 saturated heterocycles. The smallest absolute Gasteiger partial charge is 0.340 e. The average Bonchev–Trinajstić information content (AvgIpc) is 2.53. The van der Waals surface area contributed by atoms with Crippen LogP contribution in [0.1, 0.15) is 68.7 Å². The molecule has 0 N–H and O–H groups in total. The third-order valence-corrected chi connectivity index (χ3v) is 5.02. The molecule has 0 saturated carbocycles. The largest absolute Gasteiger partial charge is 0.422 e. The van der Waals surface area contributed by atoms with Crippen LogP contribution < -0.4 is 5.63 Å². The van der Waals surface area contributed by atoms with Crippen LogP contribution in [0.3, 0.4) is 0 Å². The summed E-state index contributed by atoms with van der Waals surface area (Å²) < 4.78 is 5.40. The van der Waals surface area contributed by atoms with Crippen molar-refractivity contribution >= 4 is 26.9 Å². The van der Waals surface area contributed by atoms with Gasteiger partial charge in [0.25, 0.3) is 0 Å². The average molecular weight is 365 g/mol. The topological polar surface area (TPSA) is 30.2 Å². The van der Waals surface area contributed by atoms with E-state index in [1.54, 1.807) is 0 Å². The second kappa shape index (κ2) is 9.14. The number of hydrogen-bond acceptors (Lipinski definition) is 2. The molecule has 0 aliphatic heterocycles. The molecule has 1 unspecified atom stereocenters. The lowest BCUT2D eigenvalue weighted by atomic mass is 10.0. The van der Waals surface area contributed by atoms with Gasteiger partial charge in [0, 0.05) is 10.2 Å². The van der Waals surface area contributed by atoms with E-state index in [4.69, 9.17) is 4.42 Å². The van der Waals surface area contributed by atoms with Crippen molar-refractivity contribution in [1.82, 2.24) is 0 Å². The molecule has 2 rings (SSSR count). The number of halogens is 1. The highest BCUT2D eigenvalue weighted by molar-refractivity contribution is 9.09. The number of para-hydroxylation sites is 1. The zero-order chi connectivity index (χ0) is 15.8. The summed E-state index contributed by atoms with van der Waals surface area (Å²) in [5, 5.41) is 0.987. The predicted molar refractivity (Wildman–Crippen MR) is 96.8 cm³/mol. The standard InChI is InChI=1S/C19H25BrO2/c1-2-3-4-5-6-7-8-12-17(20)16-14-15-11-9-10-13-18(15)22-19(16)21/h9-11,13-14,17H,2-8,12H2,1H3. The first-order valence-corrected chi connectivity index (χ1v) is 9.30. The van der Waals surface area contributed by atoms with Crippen molar-refractivity contribution < 1.29 is 4.42 Å². The molecule has 1 heterocycles. The maximum atomic E-state index is 12.1. The second-order valence-corrected chi connectivity index (χ2v) is 7.01. The van der Waals surface area contributed by atoms with E-state index in [-0.39, 0.29) is 10.5 Å². The third kappa shape index (κ3) is 4.98. The van der Waals surface area contributed by atoms with E-state index in [2.05, 4.69) is 22.9 Å². The Balaban J connectivity index is 1.86. The van der Waals surface area contributed by atoms with Gasteiger partial charge in [-0.15, -0.1) is 0 Å². The van der Waals surface area contributed by atoms with Crippen LogP contribution in [0.2, 0.25) is 0 Å². The van der Waals surface area contributed by atoms with E-state index in [0.717, 1.165) is 23.8 Å². The van der Waals surface area contributed by atoms with Crippen LogP contribution in [0.4, 0.5) is 0 Å². The van der Waals surface area contributed by atoms with E-state index in [0.29, 0.717) is 5.58 Å². The summed E-state index contributed by atoms with van der Waals surface area (Å²) in [4.78, 5) is 12.2. The summed E-state index contributed by atoms with van der Waals surface area (Å²) in [5.74, 6) is 0. The molecule has 1 aromatic carbocycles. The zero-order valence-electron chi connectivity index (χ0n) is 13.3. The summed E-state index contributed by atoms with van der Waals surface area (Å²) in [6, 6.07) is 9.62. The quantitative estimate of drug-likeness (QED) is 0.294. The molecule has 0 radical (unpaired) electrons. The van der Waals surface area contributed by atoms with E-state index < -0.39 is 0 Å². The molecule has 1 atom stereocenters. The van der Waals surface area contributed by atoms with Gasteiger partial charge in [-0.05, 0) is 18.6 Å². The Morgan fingerprint density at radius 2 is 1.73 bits per heavy atom. The van der Waals surface area contributed by atoms with E-state index in [1.807, 2.05) is 30.3 Å². The maximum Gasteiger partial charge on any atom is 0.340 e. The molecule has 0 bridgehead atoms. The fourth-order valence-electron chi connectivity index (χ4n) is 2.73. The molecular weight excluding hydrogens is 340 g/mol. The number of fused-ring (bicyclic) bond motifs is 1. The molecule has 0 fully saturated rings. The Morgan fingerprint density at radius 1 is 1.05 bits per heavy atom. The van der Waals surface area contributed by atoms with Gasteiger partial charge in [-0.2, -0.15) is 0 Å². The van der Waals surface area contributed by atoms with Gasteiger partial charge in [-0.1, -0.05) is 86.0 Å². The lowest BCUT2D eigenvalue weighted by molar-refractivity contribution is 0.539. The van der Waals surface area contributed by atoms with Gasteiger partial charge in [0.05, 0.1) is 5.56 Å². The van der Waals surface area contributed by atoms with Crippen molar-refractivity contribution in [2.24, 2.45) is 0 Å². The Kier molecular flexibility index (Phi) is 7.17. The first-order chi connectivity index (χ1) is 10.7. The van der Waals surface area contributed by atoms with Gasteiger partial charge in [-0.25, -0.2) is 4.79 Å². The van der Waals surface area contributed by atoms with Crippen LogP contribution in [-0.4, -0.2) is 0 Å². The van der Waals surface area contributed by atoms with Crippen LogP contribution >= 0.6 is 15.9 Å². The van der Waals surface area contributed by atoms with E-state index in [1.165, 1.54) is 38.5 Å². The summed E-state index contributed by atoms with van der Waals surface area (Å²) in [6.07, 6.45) is 9.99. The van der Waals surface area contributed by atoms with Gasteiger partial charge in [0.15, 0.2) is 0 Å². The summed E-state index contributed by atoms with van der Waals surface area (Å²) >= 11 is 3.66. The highest BCUT2D eigenvalue weighted by Gasteiger charge is 2.14. The highest BCUT2D eigenvalue weighted by atomic mass is 79.9. The lowest BCUT2D eigenvalue weighted by Crippen LogP contribution is -2.09. The molecule has 2 aromatic rings. The fourth-order valence-corrected chi connectivity index (χ4v) is 3.38. The van der Waals surface area contributed by atoms with Crippen molar-refractivity contribution in [3.63, 3.8) is 0 Å². The molecule has 1 aromatic heterocycles. The minimum Gasteiger partial charge on any atom is -0.422 e. The summed E-state index contributed by atoms with van der Waals surface area (Å²) in [7, 11) is 0. The molecular formula is C19H25BrO2. The number of alkyl halides is 1. The van der Waals surface area contributed by atoms with Crippen LogP contribution in [0.25, 0.3) is 11.0 Å². The zero-order valence-corrected chi connectivity index (χ0v) is 14.9. The maximum absolute atomic E-state index is 12.1. The predicted octanol–water partition coefficient (Wildman–Crippen LogP) is 6.37. The molecule has 3 heteroatoms. The third-order valence-electron chi connectivity index (χ3n) is 4.07. The number of benzene rings is 1. The first kappa shape index (κ1) is 17.3. The Labute approximate surface area is 141 Å². The van der Waals surface area contributed by atoms with Crippen LogP contribution in [0.5, 0.6) is 0 Å². The number of unbranched alkanes of at least 4 members (excludes halogenated alkanes) is 6. The molecule has 0 aliphatic carbocycles. The van der Waals surface area contributed by atoms with Gasteiger partial charge in [0.2, 0.25) is 0 Å². The molecule has 0 amide bonds. The van der Waals surface area contributed by atoms with Crippen molar-refractivity contribution in [1.29, 1.82) is 0 Å². The SMILES string of the molecule is CCCCCCCCCC(Br)c1cc2ccccc2oc1=O. The van der Waals surface area contributed by atoms with Crippen LogP contribution in [0, 0.1) is 0 Å². The Hall–Kier alpha value is -1.09. The summed E-state index contributed by atoms with van der Waals surface area (Å²) in [5.41, 5.74) is 1.18. The van der Waals surface area contributed by atoms with E-state index in [9.17, 15) is 4.79 Å². The highest BCUT2D eigenvalue weighted by Crippen LogP contribution is 2.28. The first-order valence-electron chi connectivity index (χ1n) is 8.39. The Morgan fingerprint density at radius 3 is 2.50 bits per heavy atom. The van der Waals surface area contributed by atoms with Crippen molar-refractivity contribution in [3.8, 4) is 0 Å². The molecule has 22 heavy (non-hydrogen) atoms. The van der Waals surface area contributed by atoms with Crippen LogP contribution in [-0.2, 0) is 0 Å². The minimum atomic E-state index is -0.219. The number of rotatable bonds is 9. The lowest BCUT2D eigenvalue weighted by Gasteiger charge is -2.09. The molecule has 0 spiro atoms. The minimum absolute atomic E-state index is 0.0870. The number of hydrogen-bond donors (Lipinski definition) is 0. The molecule has 2 nitrogen and oxygen atoms in total. The van der Waals surface area contributed by atoms with Gasteiger partial charge in [0.1, 0.15) is 5.58 Å². The van der Waals surface area contributed by atoms with Crippen molar-refractivity contribution in [2.45, 2.75) is 63.1 Å². The monoisotopic (exact) mass is 364 g/mol. The summed E-state index contributed by atoms with van der Waals surface area (Å²) in [6.45, 7) is 2.24. The van der Waals surface area contributed by atoms with Crippen LogP contribution in [0.15, 0.2) is 39.5 Å². The second-order valence-electron chi connectivity index (χ2n) is 5.90. The molecule has 0 aliphatic rings. The van der Waals surface area contributed by atoms with Gasteiger partial charge >= 0.3 is 5.63 Å². The van der Waals surface area contributed by atoms with Crippen molar-refractivity contribution in [3.05, 3.63) is 46.3 Å². The van der Waals surface area contributed by atoms with Gasteiger partial charge in [-0.3, -0.25) is 0 Å². The normalized spacial score (nSPS) is 12.6. The van der Waals surface area contributed by atoms with E-state index >= 15 is 0 Å². The fraction of sp³-hybridized carbons (Fsp3) is 0.526.